The summed E-state index contributed by atoms with van der Waals surface area (Å²) in [6.45, 7) is 6.47. The molecule has 0 radical (unpaired) electrons. The average Bonchev–Trinajstić information content (AvgIpc) is 1.87. The molecule has 0 bridgehead atoms. The van der Waals surface area contributed by atoms with Gasteiger partial charge in [-0.1, -0.05) is 6.92 Å². The summed E-state index contributed by atoms with van der Waals surface area (Å²) >= 11 is 5.76. The Balaban J connectivity index is 2.77. The minimum Gasteiger partial charge on any atom is -0.317 e. The molecule has 0 heterocycles. The van der Waals surface area contributed by atoms with Crippen LogP contribution in [0.15, 0.2) is 0 Å². The van der Waals surface area contributed by atoms with E-state index in [4.69, 9.17) is 11.6 Å². The second-order valence-corrected chi connectivity index (χ2v) is 3.42. The second-order valence-electron chi connectivity index (χ2n) is 2.67. The summed E-state index contributed by atoms with van der Waals surface area (Å²) in [6, 6.07) is 0. The Hall–Kier alpha value is 0.250. The van der Waals surface area contributed by atoms with E-state index in [0.29, 0.717) is 5.38 Å². The lowest BCUT2D eigenvalue weighted by atomic mass is 10.2. The topological polar surface area (TPSA) is 12.0 Å². The van der Waals surface area contributed by atoms with Crippen molar-refractivity contribution in [3.63, 3.8) is 0 Å². The van der Waals surface area contributed by atoms with E-state index in [1.54, 1.807) is 0 Å². The minimum absolute atomic E-state index is 0.337. The van der Waals surface area contributed by atoms with Gasteiger partial charge in [-0.15, -0.1) is 11.6 Å². The Morgan fingerprint density at radius 2 is 2.10 bits per heavy atom. The smallest absolute Gasteiger partial charge is 0.0308 e. The van der Waals surface area contributed by atoms with Crippen molar-refractivity contribution < 1.29 is 0 Å². The summed E-state index contributed by atoms with van der Waals surface area (Å²) in [5, 5.41) is 3.67. The first-order chi connectivity index (χ1) is 4.77. The van der Waals surface area contributed by atoms with Gasteiger partial charge in [-0.2, -0.15) is 0 Å². The summed E-state index contributed by atoms with van der Waals surface area (Å²) in [6.07, 6.45) is 3.54. The van der Waals surface area contributed by atoms with Gasteiger partial charge in [-0.3, -0.25) is 0 Å². The van der Waals surface area contributed by atoms with Crippen molar-refractivity contribution in [3.05, 3.63) is 0 Å². The summed E-state index contributed by atoms with van der Waals surface area (Å²) < 4.78 is 0. The van der Waals surface area contributed by atoms with Crippen LogP contribution in [0.5, 0.6) is 0 Å². The highest BCUT2D eigenvalue weighted by molar-refractivity contribution is 6.20. The number of nitrogens with one attached hydrogen (secondary N) is 1. The molecule has 62 valence electrons. The lowest BCUT2D eigenvalue weighted by Gasteiger charge is -2.03. The lowest BCUT2D eigenvalue weighted by Crippen LogP contribution is -2.16. The van der Waals surface area contributed by atoms with Gasteiger partial charge >= 0.3 is 0 Å². The Morgan fingerprint density at radius 1 is 1.40 bits per heavy atom. The molecule has 0 rings (SSSR count). The second kappa shape index (κ2) is 7.36. The molecular formula is C8H18ClN. The van der Waals surface area contributed by atoms with Crippen LogP contribution in [0, 0.1) is 0 Å². The standard InChI is InChI=1S/C8H18ClN/c1-3-6-10-7-4-5-8(2)9/h8,10H,3-7H2,1-2H3. The molecule has 2 heteroatoms. The molecule has 0 spiro atoms. The molecule has 0 aromatic carbocycles. The van der Waals surface area contributed by atoms with Crippen molar-refractivity contribution in [2.45, 2.75) is 38.5 Å². The van der Waals surface area contributed by atoms with E-state index in [9.17, 15) is 0 Å². The first-order valence-electron chi connectivity index (χ1n) is 4.12. The van der Waals surface area contributed by atoms with Crippen molar-refractivity contribution in [1.82, 2.24) is 5.32 Å². The van der Waals surface area contributed by atoms with E-state index in [0.717, 1.165) is 19.5 Å². The minimum atomic E-state index is 0.337. The predicted molar refractivity (Wildman–Crippen MR) is 47.7 cm³/mol. The zero-order valence-corrected chi connectivity index (χ0v) is 7.75. The van der Waals surface area contributed by atoms with Crippen LogP contribution in [0.2, 0.25) is 0 Å². The highest BCUT2D eigenvalue weighted by Crippen LogP contribution is 2.01. The highest BCUT2D eigenvalue weighted by Gasteiger charge is 1.93. The summed E-state index contributed by atoms with van der Waals surface area (Å²) in [5.41, 5.74) is 0. The van der Waals surface area contributed by atoms with Gasteiger partial charge in [0.2, 0.25) is 0 Å². The van der Waals surface area contributed by atoms with Crippen LogP contribution in [0.25, 0.3) is 0 Å². The third-order valence-corrected chi connectivity index (χ3v) is 1.60. The van der Waals surface area contributed by atoms with Gasteiger partial charge < -0.3 is 5.32 Å². The largest absolute Gasteiger partial charge is 0.317 e. The zero-order chi connectivity index (χ0) is 7.82. The third-order valence-electron chi connectivity index (χ3n) is 1.38. The molecule has 1 nitrogen and oxygen atoms in total. The fraction of sp³-hybridized carbons (Fsp3) is 1.00. The van der Waals surface area contributed by atoms with E-state index >= 15 is 0 Å². The van der Waals surface area contributed by atoms with Gasteiger partial charge in [-0.05, 0) is 39.3 Å². The summed E-state index contributed by atoms with van der Waals surface area (Å²) in [5.74, 6) is 0. The molecule has 0 aliphatic carbocycles. The van der Waals surface area contributed by atoms with Crippen LogP contribution in [0.1, 0.15) is 33.1 Å². The Kier molecular flexibility index (Phi) is 7.54. The molecule has 1 N–H and O–H groups in total. The van der Waals surface area contributed by atoms with Crippen LogP contribution in [-0.4, -0.2) is 18.5 Å². The molecule has 1 atom stereocenters. The van der Waals surface area contributed by atoms with Crippen LogP contribution < -0.4 is 5.32 Å². The van der Waals surface area contributed by atoms with Crippen LogP contribution in [0.3, 0.4) is 0 Å². The molecule has 0 fully saturated rings. The molecule has 1 unspecified atom stereocenters. The molecule has 0 aromatic heterocycles. The maximum Gasteiger partial charge on any atom is 0.0308 e. The lowest BCUT2D eigenvalue weighted by molar-refractivity contribution is 0.614. The van der Waals surface area contributed by atoms with Gasteiger partial charge in [0.05, 0.1) is 0 Å². The van der Waals surface area contributed by atoms with Crippen molar-refractivity contribution >= 4 is 11.6 Å². The Morgan fingerprint density at radius 3 is 2.60 bits per heavy atom. The SMILES string of the molecule is CCCNCCCC(C)Cl. The maximum absolute atomic E-state index is 5.76. The van der Waals surface area contributed by atoms with E-state index in [2.05, 4.69) is 12.2 Å². The van der Waals surface area contributed by atoms with E-state index in [-0.39, 0.29) is 0 Å². The third kappa shape index (κ3) is 8.25. The van der Waals surface area contributed by atoms with Gasteiger partial charge in [0.25, 0.3) is 0 Å². The Labute approximate surface area is 69.1 Å². The summed E-state index contributed by atoms with van der Waals surface area (Å²) in [7, 11) is 0. The molecule has 0 saturated carbocycles. The molecule has 0 aliphatic rings. The van der Waals surface area contributed by atoms with Crippen molar-refractivity contribution in [3.8, 4) is 0 Å². The molecule has 0 saturated heterocycles. The zero-order valence-electron chi connectivity index (χ0n) is 6.99. The monoisotopic (exact) mass is 163 g/mol. The van der Waals surface area contributed by atoms with E-state index in [1.807, 2.05) is 6.92 Å². The summed E-state index contributed by atoms with van der Waals surface area (Å²) in [4.78, 5) is 0. The number of alkyl halides is 1. The first-order valence-corrected chi connectivity index (χ1v) is 4.55. The fourth-order valence-corrected chi connectivity index (χ4v) is 0.964. The highest BCUT2D eigenvalue weighted by atomic mass is 35.5. The van der Waals surface area contributed by atoms with E-state index < -0.39 is 0 Å². The fourth-order valence-electron chi connectivity index (χ4n) is 0.810. The van der Waals surface area contributed by atoms with Crippen LogP contribution in [-0.2, 0) is 0 Å². The van der Waals surface area contributed by atoms with Crippen LogP contribution in [0.4, 0.5) is 0 Å². The molecule has 10 heavy (non-hydrogen) atoms. The number of halogens is 1. The first kappa shape index (κ1) is 10.2. The van der Waals surface area contributed by atoms with Crippen molar-refractivity contribution in [2.75, 3.05) is 13.1 Å². The average molecular weight is 164 g/mol. The van der Waals surface area contributed by atoms with Crippen LogP contribution >= 0.6 is 11.6 Å². The number of rotatable bonds is 6. The molecule has 0 aliphatic heterocycles. The normalized spacial score (nSPS) is 13.5. The van der Waals surface area contributed by atoms with Gasteiger partial charge in [-0.25, -0.2) is 0 Å². The molecular weight excluding hydrogens is 146 g/mol. The van der Waals surface area contributed by atoms with E-state index in [1.165, 1.54) is 12.8 Å². The predicted octanol–water partition coefficient (Wildman–Crippen LogP) is 2.39. The van der Waals surface area contributed by atoms with Crippen molar-refractivity contribution in [2.24, 2.45) is 0 Å². The molecule has 0 aromatic rings. The maximum atomic E-state index is 5.76. The van der Waals surface area contributed by atoms with Gasteiger partial charge in [0.1, 0.15) is 0 Å². The van der Waals surface area contributed by atoms with Gasteiger partial charge in [0.15, 0.2) is 0 Å². The van der Waals surface area contributed by atoms with Gasteiger partial charge in [0, 0.05) is 5.38 Å². The van der Waals surface area contributed by atoms with Crippen molar-refractivity contribution in [1.29, 1.82) is 0 Å². The Bertz CT molecular complexity index is 64.3. The quantitative estimate of drug-likeness (QED) is 0.469. The number of hydrogen-bond acceptors (Lipinski definition) is 1. The number of hydrogen-bond donors (Lipinski definition) is 1. The molecule has 0 amide bonds.